The molecule has 2 rings (SSSR count). The van der Waals surface area contributed by atoms with Crippen LogP contribution in [0.1, 0.15) is 35.2 Å². The summed E-state index contributed by atoms with van der Waals surface area (Å²) in [4.78, 5) is 22.6. The van der Waals surface area contributed by atoms with Crippen LogP contribution < -0.4 is 10.6 Å². The summed E-state index contributed by atoms with van der Waals surface area (Å²) in [5.74, 6) is -0.394. The van der Waals surface area contributed by atoms with E-state index in [2.05, 4.69) is 10.6 Å². The van der Waals surface area contributed by atoms with E-state index in [-0.39, 0.29) is 11.6 Å². The fourth-order valence-corrected chi connectivity index (χ4v) is 2.04. The fraction of sp³-hybridized carbons (Fsp3) is 0.429. The number of hydrogen-bond donors (Lipinski definition) is 3. The summed E-state index contributed by atoms with van der Waals surface area (Å²) in [6.07, 6.45) is 3.59. The molecule has 3 N–H and O–H groups in total. The summed E-state index contributed by atoms with van der Waals surface area (Å²) in [5.41, 5.74) is 1.37. The highest BCUT2D eigenvalue weighted by molar-refractivity contribution is 5.94. The minimum absolute atomic E-state index is 0.205. The van der Waals surface area contributed by atoms with Crippen LogP contribution in [-0.4, -0.2) is 23.7 Å². The molecule has 0 radical (unpaired) electrons. The molecule has 0 heterocycles. The van der Waals surface area contributed by atoms with E-state index in [9.17, 15) is 9.59 Å². The Hall–Kier alpha value is -2.04. The standard InChI is InChI=1S/C14H18N2O3/c1-9-5-6-11(7-12(9)13(17)18)16-14(19)15-8-10-3-2-4-10/h5-7,10H,2-4,8H2,1H3,(H,17,18)(H2,15,16,19). The van der Waals surface area contributed by atoms with Gasteiger partial charge in [0.2, 0.25) is 0 Å². The van der Waals surface area contributed by atoms with Crippen LogP contribution >= 0.6 is 0 Å². The Kier molecular flexibility index (Phi) is 4.04. The molecule has 5 heteroatoms. The van der Waals surface area contributed by atoms with Gasteiger partial charge in [-0.1, -0.05) is 12.5 Å². The Bertz CT molecular complexity index is 495. The van der Waals surface area contributed by atoms with Crippen molar-refractivity contribution in [1.82, 2.24) is 5.32 Å². The topological polar surface area (TPSA) is 78.4 Å². The second kappa shape index (κ2) is 5.73. The Morgan fingerprint density at radius 2 is 2.11 bits per heavy atom. The highest BCUT2D eigenvalue weighted by atomic mass is 16.4. The van der Waals surface area contributed by atoms with E-state index >= 15 is 0 Å². The van der Waals surface area contributed by atoms with Gasteiger partial charge in [-0.25, -0.2) is 9.59 Å². The maximum Gasteiger partial charge on any atom is 0.336 e. The molecule has 0 atom stereocenters. The van der Waals surface area contributed by atoms with Crippen LogP contribution in [0.2, 0.25) is 0 Å². The van der Waals surface area contributed by atoms with Gasteiger partial charge in [0.1, 0.15) is 0 Å². The monoisotopic (exact) mass is 262 g/mol. The number of rotatable bonds is 4. The number of urea groups is 1. The van der Waals surface area contributed by atoms with Gasteiger partial charge in [0.05, 0.1) is 5.56 Å². The van der Waals surface area contributed by atoms with E-state index in [1.54, 1.807) is 19.1 Å². The van der Waals surface area contributed by atoms with Gasteiger partial charge in [0.15, 0.2) is 0 Å². The molecule has 1 fully saturated rings. The third-order valence-electron chi connectivity index (χ3n) is 3.50. The van der Waals surface area contributed by atoms with Gasteiger partial charge in [-0.2, -0.15) is 0 Å². The molecule has 102 valence electrons. The fourth-order valence-electron chi connectivity index (χ4n) is 2.04. The minimum atomic E-state index is -0.990. The van der Waals surface area contributed by atoms with Crippen molar-refractivity contribution in [1.29, 1.82) is 0 Å². The van der Waals surface area contributed by atoms with Crippen molar-refractivity contribution in [2.45, 2.75) is 26.2 Å². The molecule has 1 aliphatic rings. The van der Waals surface area contributed by atoms with Gasteiger partial charge in [0, 0.05) is 12.2 Å². The first kappa shape index (κ1) is 13.4. The molecule has 5 nitrogen and oxygen atoms in total. The molecule has 0 bridgehead atoms. The zero-order valence-electron chi connectivity index (χ0n) is 10.9. The number of aryl methyl sites for hydroxylation is 1. The molecule has 0 aliphatic heterocycles. The van der Waals surface area contributed by atoms with E-state index < -0.39 is 5.97 Å². The molecule has 0 aromatic heterocycles. The SMILES string of the molecule is Cc1ccc(NC(=O)NCC2CCC2)cc1C(=O)O. The molecular formula is C14H18N2O3. The van der Waals surface area contributed by atoms with E-state index in [4.69, 9.17) is 5.11 Å². The summed E-state index contributed by atoms with van der Waals surface area (Å²) in [6.45, 7) is 2.41. The van der Waals surface area contributed by atoms with Crippen molar-refractivity contribution in [3.05, 3.63) is 29.3 Å². The number of carboxylic acids is 1. The van der Waals surface area contributed by atoms with E-state index in [1.807, 2.05) is 0 Å². The molecule has 1 saturated carbocycles. The summed E-state index contributed by atoms with van der Waals surface area (Å²) < 4.78 is 0. The molecule has 1 aromatic carbocycles. The van der Waals surface area contributed by atoms with Gasteiger partial charge in [-0.15, -0.1) is 0 Å². The lowest BCUT2D eigenvalue weighted by Crippen LogP contribution is -2.35. The Morgan fingerprint density at radius 1 is 1.37 bits per heavy atom. The maximum absolute atomic E-state index is 11.7. The molecule has 0 spiro atoms. The predicted molar refractivity (Wildman–Crippen MR) is 72.5 cm³/mol. The second-order valence-electron chi connectivity index (χ2n) is 4.97. The van der Waals surface area contributed by atoms with Crippen LogP contribution in [0, 0.1) is 12.8 Å². The number of carbonyl (C=O) groups is 2. The average molecular weight is 262 g/mol. The normalized spacial score (nSPS) is 14.6. The highest BCUT2D eigenvalue weighted by Gasteiger charge is 2.18. The first-order chi connectivity index (χ1) is 9.06. The average Bonchev–Trinajstić information content (AvgIpc) is 2.29. The van der Waals surface area contributed by atoms with Crippen molar-refractivity contribution >= 4 is 17.7 Å². The predicted octanol–water partition coefficient (Wildman–Crippen LogP) is 2.61. The lowest BCUT2D eigenvalue weighted by molar-refractivity contribution is 0.0696. The molecule has 1 aromatic rings. The maximum atomic E-state index is 11.7. The van der Waals surface area contributed by atoms with E-state index in [0.29, 0.717) is 23.7 Å². The third-order valence-corrected chi connectivity index (χ3v) is 3.50. The summed E-state index contributed by atoms with van der Waals surface area (Å²) in [7, 11) is 0. The van der Waals surface area contributed by atoms with Crippen molar-refractivity contribution in [3.63, 3.8) is 0 Å². The third kappa shape index (κ3) is 3.47. The minimum Gasteiger partial charge on any atom is -0.478 e. The van der Waals surface area contributed by atoms with Crippen LogP contribution in [0.3, 0.4) is 0 Å². The van der Waals surface area contributed by atoms with E-state index in [1.165, 1.54) is 25.3 Å². The van der Waals surface area contributed by atoms with Crippen LogP contribution in [0.25, 0.3) is 0 Å². The zero-order chi connectivity index (χ0) is 13.8. The van der Waals surface area contributed by atoms with Crippen molar-refractivity contribution in [2.24, 2.45) is 5.92 Å². The lowest BCUT2D eigenvalue weighted by Gasteiger charge is -2.25. The van der Waals surface area contributed by atoms with Gasteiger partial charge < -0.3 is 15.7 Å². The number of benzene rings is 1. The molecule has 0 saturated heterocycles. The molecule has 19 heavy (non-hydrogen) atoms. The highest BCUT2D eigenvalue weighted by Crippen LogP contribution is 2.25. The quantitative estimate of drug-likeness (QED) is 0.780. The number of aromatic carboxylic acids is 1. The summed E-state index contributed by atoms with van der Waals surface area (Å²) in [6, 6.07) is 4.57. The smallest absolute Gasteiger partial charge is 0.336 e. The Labute approximate surface area is 112 Å². The summed E-state index contributed by atoms with van der Waals surface area (Å²) >= 11 is 0. The van der Waals surface area contributed by atoms with Crippen molar-refractivity contribution in [3.8, 4) is 0 Å². The number of anilines is 1. The Balaban J connectivity index is 1.92. The first-order valence-electron chi connectivity index (χ1n) is 6.45. The second-order valence-corrected chi connectivity index (χ2v) is 4.97. The number of hydrogen-bond acceptors (Lipinski definition) is 2. The molecule has 1 aliphatic carbocycles. The first-order valence-corrected chi connectivity index (χ1v) is 6.45. The number of nitrogens with one attached hydrogen (secondary N) is 2. The van der Waals surface area contributed by atoms with Gasteiger partial charge in [-0.3, -0.25) is 0 Å². The summed E-state index contributed by atoms with van der Waals surface area (Å²) in [5, 5.41) is 14.5. The number of amides is 2. The number of carboxylic acid groups (broad SMARTS) is 1. The molecular weight excluding hydrogens is 244 g/mol. The van der Waals surface area contributed by atoms with Gasteiger partial charge in [0.25, 0.3) is 0 Å². The Morgan fingerprint density at radius 3 is 2.68 bits per heavy atom. The van der Waals surface area contributed by atoms with Crippen molar-refractivity contribution < 1.29 is 14.7 Å². The van der Waals surface area contributed by atoms with Crippen LogP contribution in [0.4, 0.5) is 10.5 Å². The van der Waals surface area contributed by atoms with Crippen LogP contribution in [0.15, 0.2) is 18.2 Å². The molecule has 2 amide bonds. The van der Waals surface area contributed by atoms with Gasteiger partial charge in [-0.05, 0) is 43.4 Å². The zero-order valence-corrected chi connectivity index (χ0v) is 10.9. The van der Waals surface area contributed by atoms with Crippen LogP contribution in [0.5, 0.6) is 0 Å². The largest absolute Gasteiger partial charge is 0.478 e. The number of carbonyl (C=O) groups excluding carboxylic acids is 1. The van der Waals surface area contributed by atoms with E-state index in [0.717, 1.165) is 0 Å². The molecule has 0 unspecified atom stereocenters. The van der Waals surface area contributed by atoms with Crippen LogP contribution in [-0.2, 0) is 0 Å². The lowest BCUT2D eigenvalue weighted by atomic mass is 9.85. The van der Waals surface area contributed by atoms with Gasteiger partial charge >= 0.3 is 12.0 Å². The van der Waals surface area contributed by atoms with Crippen molar-refractivity contribution in [2.75, 3.05) is 11.9 Å².